The molecule has 1 amide bonds. The van der Waals surface area contributed by atoms with Crippen LogP contribution in [0.3, 0.4) is 0 Å². The molecule has 0 saturated heterocycles. The van der Waals surface area contributed by atoms with Crippen molar-refractivity contribution in [3.05, 3.63) is 60.0 Å². The van der Waals surface area contributed by atoms with Crippen molar-refractivity contribution in [3.63, 3.8) is 0 Å². The fraction of sp³-hybridized carbons (Fsp3) is 0.133. The maximum Gasteiger partial charge on any atom is 0.332 e. The minimum atomic E-state index is -1.17. The average Bonchev–Trinajstić information content (AvgIpc) is 3.00. The number of imidazole rings is 1. The Labute approximate surface area is 121 Å². The number of likely N-dealkylation sites (N-methyl/N-ethyl adjacent to an activating group) is 1. The highest BCUT2D eigenvalue weighted by atomic mass is 16.4. The third-order valence-electron chi connectivity index (χ3n) is 3.02. The van der Waals surface area contributed by atoms with Crippen LogP contribution in [-0.2, 0) is 4.79 Å². The summed E-state index contributed by atoms with van der Waals surface area (Å²) in [5.41, 5.74) is 1.12. The molecule has 1 heterocycles. The highest BCUT2D eigenvalue weighted by molar-refractivity contribution is 5.96. The van der Waals surface area contributed by atoms with Gasteiger partial charge in [0.2, 0.25) is 0 Å². The predicted octanol–water partition coefficient (Wildman–Crippen LogP) is 1.25. The summed E-state index contributed by atoms with van der Waals surface area (Å²) in [6, 6.07) is 5.02. The highest BCUT2D eigenvalue weighted by Gasteiger charge is 2.30. The molecule has 1 aromatic heterocycles. The molecule has 105 valence electrons. The zero-order valence-electron chi connectivity index (χ0n) is 11.2. The number of rotatable bonds is 4. The van der Waals surface area contributed by atoms with Crippen LogP contribution in [0.15, 0.2) is 36.8 Å². The maximum atomic E-state index is 12.3. The van der Waals surface area contributed by atoms with E-state index in [0.717, 1.165) is 4.90 Å². The molecule has 2 aromatic rings. The second-order valence-corrected chi connectivity index (χ2v) is 4.35. The van der Waals surface area contributed by atoms with Gasteiger partial charge >= 0.3 is 5.97 Å². The Kier molecular flexibility index (Phi) is 4.05. The van der Waals surface area contributed by atoms with Crippen LogP contribution in [0.25, 0.3) is 0 Å². The van der Waals surface area contributed by atoms with E-state index in [4.69, 9.17) is 6.42 Å². The van der Waals surface area contributed by atoms with E-state index in [-0.39, 0.29) is 5.69 Å². The Bertz CT molecular complexity index is 684. The molecule has 1 radical (unpaired) electrons. The van der Waals surface area contributed by atoms with E-state index >= 15 is 0 Å². The summed E-state index contributed by atoms with van der Waals surface area (Å²) in [6.45, 7) is 0. The molecule has 0 bridgehead atoms. The van der Waals surface area contributed by atoms with Crippen LogP contribution in [0, 0.1) is 12.3 Å². The molecule has 1 atom stereocenters. The average molecular weight is 282 g/mol. The first-order chi connectivity index (χ1) is 10.0. The molecule has 1 unspecified atom stereocenters. The van der Waals surface area contributed by atoms with Gasteiger partial charge in [-0.2, -0.15) is 0 Å². The lowest BCUT2D eigenvalue weighted by Crippen LogP contribution is -2.36. The van der Waals surface area contributed by atoms with E-state index in [0.29, 0.717) is 11.1 Å². The summed E-state index contributed by atoms with van der Waals surface area (Å²) in [6.07, 6.45) is 9.79. The Balaban J connectivity index is 2.28. The van der Waals surface area contributed by atoms with Crippen LogP contribution in [0.5, 0.6) is 0 Å². The molecule has 0 saturated carbocycles. The van der Waals surface area contributed by atoms with Crippen LogP contribution in [0.2, 0.25) is 0 Å². The van der Waals surface area contributed by atoms with Crippen molar-refractivity contribution in [2.45, 2.75) is 6.04 Å². The van der Waals surface area contributed by atoms with Crippen molar-refractivity contribution in [1.29, 1.82) is 0 Å². The number of aromatic nitrogens is 2. The third kappa shape index (κ3) is 2.92. The number of carboxylic acid groups (broad SMARTS) is 1. The van der Waals surface area contributed by atoms with E-state index in [2.05, 4.69) is 15.9 Å². The summed E-state index contributed by atoms with van der Waals surface area (Å²) >= 11 is 0. The molecule has 2 N–H and O–H groups in total. The molecule has 21 heavy (non-hydrogen) atoms. The van der Waals surface area contributed by atoms with Crippen molar-refractivity contribution in [3.8, 4) is 5.92 Å². The first kappa shape index (κ1) is 14.3. The topological polar surface area (TPSA) is 86.3 Å². The van der Waals surface area contributed by atoms with Gasteiger partial charge in [0, 0.05) is 24.4 Å². The summed E-state index contributed by atoms with van der Waals surface area (Å²) < 4.78 is 0. The van der Waals surface area contributed by atoms with Crippen LogP contribution in [0.4, 0.5) is 0 Å². The second-order valence-electron chi connectivity index (χ2n) is 4.35. The van der Waals surface area contributed by atoms with Crippen LogP contribution in [-0.4, -0.2) is 38.9 Å². The van der Waals surface area contributed by atoms with Crippen LogP contribution < -0.4 is 0 Å². The van der Waals surface area contributed by atoms with Crippen molar-refractivity contribution in [2.75, 3.05) is 7.05 Å². The Hall–Kier alpha value is -3.07. The molecule has 2 rings (SSSR count). The quantitative estimate of drug-likeness (QED) is 0.826. The van der Waals surface area contributed by atoms with E-state index in [1.807, 2.05) is 0 Å². The van der Waals surface area contributed by atoms with Crippen LogP contribution >= 0.6 is 0 Å². The van der Waals surface area contributed by atoms with E-state index < -0.39 is 17.9 Å². The number of benzene rings is 1. The molecule has 6 nitrogen and oxygen atoms in total. The number of H-pyrrole nitrogens is 1. The van der Waals surface area contributed by atoms with Gasteiger partial charge in [0.05, 0.1) is 12.0 Å². The fourth-order valence-corrected chi connectivity index (χ4v) is 1.93. The third-order valence-corrected chi connectivity index (χ3v) is 3.02. The zero-order chi connectivity index (χ0) is 15.4. The van der Waals surface area contributed by atoms with Crippen molar-refractivity contribution in [1.82, 2.24) is 14.9 Å². The van der Waals surface area contributed by atoms with E-state index in [1.54, 1.807) is 12.1 Å². The van der Waals surface area contributed by atoms with Crippen molar-refractivity contribution in [2.24, 2.45) is 0 Å². The number of hydrogen-bond acceptors (Lipinski definition) is 3. The molecule has 0 aliphatic carbocycles. The number of carboxylic acids is 1. The first-order valence-corrected chi connectivity index (χ1v) is 6.06. The summed E-state index contributed by atoms with van der Waals surface area (Å²) in [7, 11) is 1.41. The molecular formula is C15H12N3O3. The lowest BCUT2D eigenvalue weighted by atomic mass is 10.1. The molecule has 1 aromatic carbocycles. The minimum Gasteiger partial charge on any atom is -0.479 e. The van der Waals surface area contributed by atoms with Gasteiger partial charge in [0.15, 0.2) is 6.04 Å². The number of carbonyl (C=O) groups is 2. The zero-order valence-corrected chi connectivity index (χ0v) is 11.2. The van der Waals surface area contributed by atoms with Crippen LogP contribution in [0.1, 0.15) is 27.7 Å². The number of amides is 1. The summed E-state index contributed by atoms with van der Waals surface area (Å²) in [5.74, 6) is 0.595. The number of carbonyl (C=O) groups excluding carboxylic acids is 1. The lowest BCUT2D eigenvalue weighted by Gasteiger charge is -2.23. The molecule has 6 heteroatoms. The number of aromatic amines is 1. The van der Waals surface area contributed by atoms with Gasteiger partial charge in [-0.05, 0) is 30.7 Å². The van der Waals surface area contributed by atoms with Gasteiger partial charge in [-0.3, -0.25) is 4.79 Å². The number of nitrogens with one attached hydrogen (secondary N) is 1. The molecule has 0 spiro atoms. The standard InChI is InChI=1S/C15H12N3O3/c1-3-10-4-6-11(7-5-10)14(19)18(2)13(15(20)21)12-8-16-9-17-12/h4-9,13H,2H3,(H,16,17)(H,20,21). The van der Waals surface area contributed by atoms with Crippen molar-refractivity contribution < 1.29 is 14.7 Å². The second kappa shape index (κ2) is 5.92. The maximum absolute atomic E-state index is 12.3. The molecule has 0 aliphatic rings. The Morgan fingerprint density at radius 1 is 1.38 bits per heavy atom. The summed E-state index contributed by atoms with van der Waals surface area (Å²) in [4.78, 5) is 31.4. The number of aliphatic carboxylic acids is 1. The minimum absolute atomic E-state index is 0.253. The van der Waals surface area contributed by atoms with Gasteiger partial charge in [-0.15, -0.1) is 0 Å². The SMILES string of the molecule is [C]#Cc1ccc(C(=O)N(C)C(C(=O)O)c2c[nH]cn2)cc1. The predicted molar refractivity (Wildman–Crippen MR) is 73.7 cm³/mol. The summed E-state index contributed by atoms with van der Waals surface area (Å²) in [5, 5.41) is 9.31. The Morgan fingerprint density at radius 3 is 2.52 bits per heavy atom. The van der Waals surface area contributed by atoms with Gasteiger partial charge in [0.1, 0.15) is 0 Å². The van der Waals surface area contributed by atoms with E-state index in [9.17, 15) is 14.7 Å². The molecule has 0 fully saturated rings. The van der Waals surface area contributed by atoms with Gasteiger partial charge in [-0.1, -0.05) is 5.92 Å². The molecular weight excluding hydrogens is 270 g/mol. The largest absolute Gasteiger partial charge is 0.479 e. The Morgan fingerprint density at radius 2 is 2.05 bits per heavy atom. The smallest absolute Gasteiger partial charge is 0.332 e. The first-order valence-electron chi connectivity index (χ1n) is 6.06. The lowest BCUT2D eigenvalue weighted by molar-refractivity contribution is -0.142. The highest BCUT2D eigenvalue weighted by Crippen LogP contribution is 2.19. The fourth-order valence-electron chi connectivity index (χ4n) is 1.93. The number of nitrogens with zero attached hydrogens (tertiary/aromatic N) is 2. The van der Waals surface area contributed by atoms with Crippen molar-refractivity contribution >= 4 is 11.9 Å². The van der Waals surface area contributed by atoms with Gasteiger partial charge in [0.25, 0.3) is 5.91 Å². The molecule has 0 aliphatic heterocycles. The monoisotopic (exact) mass is 282 g/mol. The normalized spacial score (nSPS) is 11.4. The number of hydrogen-bond donors (Lipinski definition) is 2. The van der Waals surface area contributed by atoms with Gasteiger partial charge < -0.3 is 15.0 Å². The van der Waals surface area contributed by atoms with E-state index in [1.165, 1.54) is 31.7 Å². The van der Waals surface area contributed by atoms with Gasteiger partial charge in [-0.25, -0.2) is 9.78 Å².